The number of ether oxygens (including phenoxy) is 1. The van der Waals surface area contributed by atoms with Crippen molar-refractivity contribution in [3.05, 3.63) is 0 Å². The highest BCUT2D eigenvalue weighted by atomic mass is 16.5. The molecule has 0 spiro atoms. The van der Waals surface area contributed by atoms with E-state index in [1.807, 2.05) is 0 Å². The molecule has 0 aromatic rings. The second kappa shape index (κ2) is 5.59. The summed E-state index contributed by atoms with van der Waals surface area (Å²) in [6, 6.07) is 0.0844. The highest BCUT2D eigenvalue weighted by Gasteiger charge is 2.36. The van der Waals surface area contributed by atoms with Gasteiger partial charge in [-0.1, -0.05) is 6.92 Å². The molecule has 0 aromatic heterocycles. The first-order valence-electron chi connectivity index (χ1n) is 7.15. The van der Waals surface area contributed by atoms with Gasteiger partial charge in [0.05, 0.1) is 11.6 Å². The quantitative estimate of drug-likeness (QED) is 0.778. The molecule has 19 heavy (non-hydrogen) atoms. The zero-order valence-electron chi connectivity index (χ0n) is 12.1. The minimum absolute atomic E-state index is 0.0755. The molecule has 3 atom stereocenters. The van der Waals surface area contributed by atoms with E-state index in [1.165, 1.54) is 4.90 Å². The second-order valence-electron chi connectivity index (χ2n) is 5.89. The van der Waals surface area contributed by atoms with Crippen LogP contribution in [-0.4, -0.2) is 48.1 Å². The van der Waals surface area contributed by atoms with E-state index in [-0.39, 0.29) is 23.5 Å². The molecule has 0 radical (unpaired) electrons. The predicted octanol–water partition coefficient (Wildman–Crippen LogP) is 1.07. The van der Waals surface area contributed by atoms with E-state index in [4.69, 9.17) is 4.74 Å². The maximum atomic E-state index is 12.1. The third-order valence-electron chi connectivity index (χ3n) is 4.43. The number of hydrogen-bond acceptors (Lipinski definition) is 4. The lowest BCUT2D eigenvalue weighted by Crippen LogP contribution is -2.56. The molecule has 0 bridgehead atoms. The zero-order valence-corrected chi connectivity index (χ0v) is 12.1. The van der Waals surface area contributed by atoms with Gasteiger partial charge in [-0.2, -0.15) is 0 Å². The summed E-state index contributed by atoms with van der Waals surface area (Å²) in [7, 11) is 1.57. The Morgan fingerprint density at radius 1 is 1.42 bits per heavy atom. The summed E-state index contributed by atoms with van der Waals surface area (Å²) >= 11 is 0. The Morgan fingerprint density at radius 3 is 2.84 bits per heavy atom. The molecule has 2 aliphatic heterocycles. The van der Waals surface area contributed by atoms with E-state index in [9.17, 15) is 9.59 Å². The third-order valence-corrected chi connectivity index (χ3v) is 4.43. The van der Waals surface area contributed by atoms with E-state index in [2.05, 4.69) is 19.2 Å². The van der Waals surface area contributed by atoms with Gasteiger partial charge in [-0.3, -0.25) is 14.5 Å². The number of rotatable bonds is 3. The summed E-state index contributed by atoms with van der Waals surface area (Å²) < 4.78 is 5.81. The number of nitrogens with zero attached hydrogens (tertiary/aromatic N) is 1. The number of likely N-dealkylation sites (N-methyl/N-ethyl adjacent to an activating group) is 1. The van der Waals surface area contributed by atoms with E-state index < -0.39 is 0 Å². The van der Waals surface area contributed by atoms with Crippen LogP contribution >= 0.6 is 0 Å². The maximum Gasteiger partial charge on any atom is 0.246 e. The Morgan fingerprint density at radius 2 is 2.16 bits per heavy atom. The number of likely N-dealkylation sites (tertiary alicyclic amines) is 1. The lowest BCUT2D eigenvalue weighted by atomic mass is 9.89. The first kappa shape index (κ1) is 14.5. The van der Waals surface area contributed by atoms with Gasteiger partial charge in [-0.15, -0.1) is 0 Å². The molecule has 2 aliphatic rings. The minimum Gasteiger partial charge on any atom is -0.375 e. The molecule has 0 aromatic carbocycles. The summed E-state index contributed by atoms with van der Waals surface area (Å²) in [6.45, 7) is 4.98. The fraction of sp³-hybridized carbons (Fsp3) is 0.857. The van der Waals surface area contributed by atoms with E-state index in [0.717, 1.165) is 25.9 Å². The molecule has 2 fully saturated rings. The summed E-state index contributed by atoms with van der Waals surface area (Å²) in [5.74, 6) is -0.172. The van der Waals surface area contributed by atoms with Crippen LogP contribution in [0.3, 0.4) is 0 Å². The third kappa shape index (κ3) is 3.15. The molecule has 2 saturated heterocycles. The van der Waals surface area contributed by atoms with Gasteiger partial charge in [0.2, 0.25) is 11.8 Å². The minimum atomic E-state index is -0.216. The molecular weight excluding hydrogens is 244 g/mol. The zero-order chi connectivity index (χ0) is 14.0. The fourth-order valence-corrected chi connectivity index (χ4v) is 2.87. The van der Waals surface area contributed by atoms with Crippen molar-refractivity contribution in [2.24, 2.45) is 0 Å². The van der Waals surface area contributed by atoms with Crippen LogP contribution < -0.4 is 5.32 Å². The lowest BCUT2D eigenvalue weighted by Gasteiger charge is -2.40. The number of carbonyl (C=O) groups is 2. The lowest BCUT2D eigenvalue weighted by molar-refractivity contribution is -0.148. The van der Waals surface area contributed by atoms with Gasteiger partial charge in [-0.05, 0) is 32.6 Å². The van der Waals surface area contributed by atoms with Crippen LogP contribution in [-0.2, 0) is 14.3 Å². The Labute approximate surface area is 114 Å². The van der Waals surface area contributed by atoms with E-state index >= 15 is 0 Å². The summed E-state index contributed by atoms with van der Waals surface area (Å²) in [5.41, 5.74) is -0.0879. The Bertz CT molecular complexity index is 372. The second-order valence-corrected chi connectivity index (χ2v) is 5.89. The molecule has 5 heteroatoms. The molecule has 3 unspecified atom stereocenters. The van der Waals surface area contributed by atoms with Crippen LogP contribution in [0.25, 0.3) is 0 Å². The maximum absolute atomic E-state index is 12.1. The smallest absolute Gasteiger partial charge is 0.246 e. The number of imide groups is 1. The fourth-order valence-electron chi connectivity index (χ4n) is 2.87. The van der Waals surface area contributed by atoms with Gasteiger partial charge >= 0.3 is 0 Å². The van der Waals surface area contributed by atoms with Crippen LogP contribution in [0.2, 0.25) is 0 Å². The molecule has 5 nitrogen and oxygen atoms in total. The van der Waals surface area contributed by atoms with Gasteiger partial charge in [0.25, 0.3) is 0 Å². The van der Waals surface area contributed by atoms with Gasteiger partial charge in [0, 0.05) is 26.1 Å². The molecule has 108 valence electrons. The van der Waals surface area contributed by atoms with Crippen molar-refractivity contribution >= 4 is 11.8 Å². The molecule has 1 N–H and O–H groups in total. The van der Waals surface area contributed by atoms with Gasteiger partial charge in [0.15, 0.2) is 0 Å². The highest BCUT2D eigenvalue weighted by molar-refractivity contribution is 6.00. The van der Waals surface area contributed by atoms with Gasteiger partial charge < -0.3 is 10.1 Å². The standard InChI is InChI=1S/C14H24N2O3/c1-4-14(2)9-10(7-8-19-14)15-11-5-6-12(17)16(3)13(11)18/h10-11,15H,4-9H2,1-3H3. The van der Waals surface area contributed by atoms with Gasteiger partial charge in [0.1, 0.15) is 0 Å². The van der Waals surface area contributed by atoms with Crippen molar-refractivity contribution in [3.8, 4) is 0 Å². The monoisotopic (exact) mass is 268 g/mol. The van der Waals surface area contributed by atoms with Crippen molar-refractivity contribution in [2.45, 2.75) is 63.6 Å². The number of nitrogens with one attached hydrogen (secondary N) is 1. The highest BCUT2D eigenvalue weighted by Crippen LogP contribution is 2.28. The van der Waals surface area contributed by atoms with Gasteiger partial charge in [-0.25, -0.2) is 0 Å². The normalized spacial score (nSPS) is 36.7. The topological polar surface area (TPSA) is 58.6 Å². The van der Waals surface area contributed by atoms with Crippen molar-refractivity contribution in [1.82, 2.24) is 10.2 Å². The van der Waals surface area contributed by atoms with Crippen molar-refractivity contribution in [3.63, 3.8) is 0 Å². The van der Waals surface area contributed by atoms with Crippen LogP contribution in [0.1, 0.15) is 46.0 Å². The molecule has 0 saturated carbocycles. The first-order valence-corrected chi connectivity index (χ1v) is 7.15. The molecule has 2 amide bonds. The molecule has 0 aliphatic carbocycles. The predicted molar refractivity (Wildman–Crippen MR) is 71.6 cm³/mol. The van der Waals surface area contributed by atoms with Crippen LogP contribution in [0.5, 0.6) is 0 Å². The van der Waals surface area contributed by atoms with Crippen LogP contribution in [0, 0.1) is 0 Å². The number of carbonyl (C=O) groups excluding carboxylic acids is 2. The molecule has 2 heterocycles. The average molecular weight is 268 g/mol. The van der Waals surface area contributed by atoms with Crippen LogP contribution in [0.15, 0.2) is 0 Å². The number of hydrogen-bond donors (Lipinski definition) is 1. The van der Waals surface area contributed by atoms with E-state index in [0.29, 0.717) is 18.9 Å². The molecular formula is C14H24N2O3. The van der Waals surface area contributed by atoms with E-state index in [1.54, 1.807) is 7.05 Å². The summed E-state index contributed by atoms with van der Waals surface area (Å²) in [4.78, 5) is 24.8. The van der Waals surface area contributed by atoms with Crippen molar-refractivity contribution in [2.75, 3.05) is 13.7 Å². The van der Waals surface area contributed by atoms with Crippen molar-refractivity contribution < 1.29 is 14.3 Å². The summed E-state index contributed by atoms with van der Waals surface area (Å²) in [5, 5.41) is 3.42. The number of piperidine rings is 1. The Kier molecular flexibility index (Phi) is 4.26. The molecule has 2 rings (SSSR count). The Balaban J connectivity index is 1.94. The Hall–Kier alpha value is -0.940. The largest absolute Gasteiger partial charge is 0.375 e. The average Bonchev–Trinajstić information content (AvgIpc) is 2.40. The van der Waals surface area contributed by atoms with Crippen LogP contribution in [0.4, 0.5) is 0 Å². The number of amides is 2. The summed E-state index contributed by atoms with van der Waals surface area (Å²) in [6.07, 6.45) is 3.89. The first-order chi connectivity index (χ1) is 8.95. The SMILES string of the molecule is CCC1(C)CC(NC2CCC(=O)N(C)C2=O)CCO1. The van der Waals surface area contributed by atoms with Crippen molar-refractivity contribution in [1.29, 1.82) is 0 Å².